The Labute approximate surface area is 230 Å². The highest BCUT2D eigenvalue weighted by molar-refractivity contribution is 5.84. The van der Waals surface area contributed by atoms with Crippen LogP contribution < -0.4 is 5.73 Å². The molecule has 0 heterocycles. The van der Waals surface area contributed by atoms with Crippen molar-refractivity contribution in [2.75, 3.05) is 5.73 Å². The summed E-state index contributed by atoms with van der Waals surface area (Å²) in [6.07, 6.45) is 15.7. The molecule has 2 N–H and O–H groups in total. The number of nitrogens with two attached hydrogens (primary N) is 1. The van der Waals surface area contributed by atoms with Crippen LogP contribution in [0.15, 0.2) is 128 Å². The topological polar surface area (TPSA) is 26.0 Å². The van der Waals surface area contributed by atoms with Crippen molar-refractivity contribution in [2.24, 2.45) is 0 Å². The Kier molecular flexibility index (Phi) is 9.68. The van der Waals surface area contributed by atoms with Crippen molar-refractivity contribution in [1.82, 2.24) is 0 Å². The maximum atomic E-state index is 5.99. The molecule has 0 bridgehead atoms. The Morgan fingerprint density at radius 2 is 1.55 bits per heavy atom. The quantitative estimate of drug-likeness (QED) is 0.168. The summed E-state index contributed by atoms with van der Waals surface area (Å²) >= 11 is 0. The van der Waals surface area contributed by atoms with Crippen molar-refractivity contribution < 1.29 is 0 Å². The van der Waals surface area contributed by atoms with Gasteiger partial charge in [0.2, 0.25) is 0 Å². The van der Waals surface area contributed by atoms with Crippen LogP contribution in [-0.2, 0) is 5.41 Å². The van der Waals surface area contributed by atoms with E-state index < -0.39 is 5.41 Å². The van der Waals surface area contributed by atoms with Gasteiger partial charge in [-0.05, 0) is 102 Å². The van der Waals surface area contributed by atoms with Gasteiger partial charge >= 0.3 is 0 Å². The molecule has 1 atom stereocenters. The molecule has 0 aliphatic carbocycles. The van der Waals surface area contributed by atoms with Crippen LogP contribution in [-0.4, -0.2) is 0 Å². The fraction of sp³-hybridized carbons (Fsp3) is 0.189. The van der Waals surface area contributed by atoms with Gasteiger partial charge in [-0.2, -0.15) is 0 Å². The van der Waals surface area contributed by atoms with E-state index in [4.69, 9.17) is 5.73 Å². The Hall–Kier alpha value is -4.10. The number of hydrogen-bond donors (Lipinski definition) is 1. The van der Waals surface area contributed by atoms with E-state index in [0.717, 1.165) is 39.9 Å². The summed E-state index contributed by atoms with van der Waals surface area (Å²) < 4.78 is 0. The van der Waals surface area contributed by atoms with Crippen LogP contribution in [0.4, 0.5) is 5.69 Å². The zero-order valence-electron chi connectivity index (χ0n) is 23.6. The normalized spacial score (nSPS) is 14.1. The van der Waals surface area contributed by atoms with Crippen LogP contribution in [0, 0.1) is 0 Å². The highest BCUT2D eigenvalue weighted by atomic mass is 14.5. The molecule has 0 spiro atoms. The number of rotatable bonds is 10. The molecule has 0 saturated carbocycles. The van der Waals surface area contributed by atoms with E-state index in [1.54, 1.807) is 0 Å². The van der Waals surface area contributed by atoms with Gasteiger partial charge in [-0.1, -0.05) is 105 Å². The molecular weight excluding hydrogens is 458 g/mol. The fourth-order valence-electron chi connectivity index (χ4n) is 4.99. The minimum absolute atomic E-state index is 0.475. The third kappa shape index (κ3) is 5.89. The largest absolute Gasteiger partial charge is 0.399 e. The van der Waals surface area contributed by atoms with Crippen LogP contribution >= 0.6 is 0 Å². The predicted molar refractivity (Wildman–Crippen MR) is 170 cm³/mol. The van der Waals surface area contributed by atoms with Crippen molar-refractivity contribution in [2.45, 2.75) is 46.5 Å². The van der Waals surface area contributed by atoms with Gasteiger partial charge in [0.05, 0.1) is 0 Å². The number of anilines is 1. The van der Waals surface area contributed by atoms with Crippen molar-refractivity contribution in [3.63, 3.8) is 0 Å². The molecule has 194 valence electrons. The first-order valence-corrected chi connectivity index (χ1v) is 13.4. The minimum atomic E-state index is -0.475. The molecule has 1 nitrogen and oxygen atoms in total. The molecule has 0 aliphatic heterocycles. The smallest absolute Gasteiger partial charge is 0.0363 e. The van der Waals surface area contributed by atoms with E-state index in [1.807, 2.05) is 26.0 Å². The minimum Gasteiger partial charge on any atom is -0.399 e. The van der Waals surface area contributed by atoms with E-state index in [-0.39, 0.29) is 0 Å². The highest BCUT2D eigenvalue weighted by Crippen LogP contribution is 2.43. The summed E-state index contributed by atoms with van der Waals surface area (Å²) in [6.45, 7) is 19.5. The van der Waals surface area contributed by atoms with Gasteiger partial charge in [0.1, 0.15) is 0 Å². The van der Waals surface area contributed by atoms with Crippen LogP contribution in [0.5, 0.6) is 0 Å². The first-order chi connectivity index (χ1) is 18.3. The molecule has 3 rings (SSSR count). The Morgan fingerprint density at radius 3 is 2.16 bits per heavy atom. The standard InChI is InChI=1S/C37H41N/c1-8-13-17-29(11-4)34-25-22-31(30-20-23-32(38)24-21-30)26-36(34)37(7,12-5)35-19-15-14-18-33(35)27(6)28(10-3)16-9-2/h8-10,12-26H,5-6,11,38H2,1-4,7H3/b13-8-,16-9-,28-10-,29-17+. The number of nitrogen functional groups attached to an aromatic ring is 1. The van der Waals surface area contributed by atoms with Crippen molar-refractivity contribution in [1.29, 1.82) is 0 Å². The summed E-state index contributed by atoms with van der Waals surface area (Å²) in [5, 5.41) is 0. The molecule has 1 heteroatoms. The molecule has 3 aromatic rings. The SMILES string of the molecule is C=CC(C)(c1ccccc1C(=C)C(/C=C\C)=C\C)c1cc(-c2ccc(N)cc2)ccc1/C(=C/C=C\C)CC. The van der Waals surface area contributed by atoms with Crippen LogP contribution in [0.25, 0.3) is 22.3 Å². The predicted octanol–water partition coefficient (Wildman–Crippen LogP) is 10.3. The molecule has 3 aromatic carbocycles. The van der Waals surface area contributed by atoms with Crippen LogP contribution in [0.2, 0.25) is 0 Å². The lowest BCUT2D eigenvalue weighted by Crippen LogP contribution is -2.24. The van der Waals surface area contributed by atoms with Gasteiger partial charge in [0.15, 0.2) is 0 Å². The maximum Gasteiger partial charge on any atom is 0.0363 e. The van der Waals surface area contributed by atoms with Gasteiger partial charge in [0.25, 0.3) is 0 Å². The summed E-state index contributed by atoms with van der Waals surface area (Å²) in [5.74, 6) is 0. The summed E-state index contributed by atoms with van der Waals surface area (Å²) in [7, 11) is 0. The van der Waals surface area contributed by atoms with Crippen molar-refractivity contribution in [3.05, 3.63) is 150 Å². The summed E-state index contributed by atoms with van der Waals surface area (Å²) in [5.41, 5.74) is 16.7. The second-order valence-electron chi connectivity index (χ2n) is 9.63. The zero-order valence-corrected chi connectivity index (χ0v) is 23.6. The molecule has 0 aromatic heterocycles. The Balaban J connectivity index is 2.36. The average molecular weight is 500 g/mol. The van der Waals surface area contributed by atoms with Crippen LogP contribution in [0.1, 0.15) is 63.3 Å². The highest BCUT2D eigenvalue weighted by Gasteiger charge is 2.32. The monoisotopic (exact) mass is 499 g/mol. The van der Waals surface area contributed by atoms with E-state index in [0.29, 0.717) is 0 Å². The van der Waals surface area contributed by atoms with Gasteiger partial charge in [0, 0.05) is 11.1 Å². The van der Waals surface area contributed by atoms with Gasteiger partial charge in [-0.15, -0.1) is 6.58 Å². The van der Waals surface area contributed by atoms with Crippen LogP contribution in [0.3, 0.4) is 0 Å². The average Bonchev–Trinajstić information content (AvgIpc) is 2.96. The third-order valence-electron chi connectivity index (χ3n) is 7.27. The lowest BCUT2D eigenvalue weighted by molar-refractivity contribution is 0.720. The van der Waals surface area contributed by atoms with Gasteiger partial charge in [-0.25, -0.2) is 0 Å². The lowest BCUT2D eigenvalue weighted by atomic mass is 9.70. The summed E-state index contributed by atoms with van der Waals surface area (Å²) in [4.78, 5) is 0. The Bertz CT molecular complexity index is 1410. The second kappa shape index (κ2) is 12.9. The first kappa shape index (κ1) is 28.5. The fourth-order valence-corrected chi connectivity index (χ4v) is 4.99. The second-order valence-corrected chi connectivity index (χ2v) is 9.63. The van der Waals surface area contributed by atoms with E-state index in [2.05, 4.69) is 131 Å². The maximum absolute atomic E-state index is 5.99. The number of allylic oxidation sites excluding steroid dienone is 10. The Morgan fingerprint density at radius 1 is 0.868 bits per heavy atom. The number of benzene rings is 3. The summed E-state index contributed by atoms with van der Waals surface area (Å²) in [6, 6.07) is 23.5. The molecule has 0 fully saturated rings. The first-order valence-electron chi connectivity index (χ1n) is 13.4. The van der Waals surface area contributed by atoms with E-state index >= 15 is 0 Å². The lowest BCUT2D eigenvalue weighted by Gasteiger charge is -2.33. The van der Waals surface area contributed by atoms with Gasteiger partial charge in [-0.3, -0.25) is 0 Å². The molecule has 0 saturated heterocycles. The van der Waals surface area contributed by atoms with Crippen molar-refractivity contribution in [3.8, 4) is 11.1 Å². The number of hydrogen-bond acceptors (Lipinski definition) is 1. The molecule has 0 amide bonds. The third-order valence-corrected chi connectivity index (χ3v) is 7.27. The van der Waals surface area contributed by atoms with Crippen molar-refractivity contribution >= 4 is 16.8 Å². The molecule has 0 radical (unpaired) electrons. The molecule has 1 unspecified atom stereocenters. The van der Waals surface area contributed by atoms with Gasteiger partial charge < -0.3 is 5.73 Å². The molecular formula is C37H41N. The van der Waals surface area contributed by atoms with E-state index in [9.17, 15) is 0 Å². The molecule has 0 aliphatic rings. The zero-order chi connectivity index (χ0) is 27.7. The molecule has 38 heavy (non-hydrogen) atoms. The van der Waals surface area contributed by atoms with E-state index in [1.165, 1.54) is 22.3 Å².